The van der Waals surface area contributed by atoms with E-state index in [1.165, 1.54) is 16.3 Å². The number of pyridine rings is 1. The Bertz CT molecular complexity index is 1050. The lowest BCUT2D eigenvalue weighted by molar-refractivity contribution is -0.118. The highest BCUT2D eigenvalue weighted by Crippen LogP contribution is 2.21. The van der Waals surface area contributed by atoms with Gasteiger partial charge < -0.3 is 5.32 Å². The Balaban J connectivity index is 1.94. The number of benzene rings is 1. The standard InChI is InChI=1S/C21H24N4O2S/c1-14(2)10-12-22-18(26)13-28-21-24-17-9-5-4-8-16(17)20(27)25(21)19-15(3)7-6-11-23-19/h4-9,11,14H,10,12-13H2,1-3H3,(H,22,26). The zero-order valence-corrected chi connectivity index (χ0v) is 17.1. The molecule has 0 aliphatic heterocycles. The van der Waals surface area contributed by atoms with Gasteiger partial charge in [-0.2, -0.15) is 0 Å². The van der Waals surface area contributed by atoms with Gasteiger partial charge in [-0.25, -0.2) is 14.5 Å². The van der Waals surface area contributed by atoms with Gasteiger partial charge in [0.25, 0.3) is 5.56 Å². The number of nitrogens with zero attached hydrogens (tertiary/aromatic N) is 3. The van der Waals surface area contributed by atoms with Crippen LogP contribution in [0, 0.1) is 12.8 Å². The zero-order valence-electron chi connectivity index (χ0n) is 16.3. The maximum absolute atomic E-state index is 13.2. The SMILES string of the molecule is Cc1cccnc1-n1c(SCC(=O)NCCC(C)C)nc2ccccc2c1=O. The monoisotopic (exact) mass is 396 g/mol. The normalized spacial score (nSPS) is 11.1. The van der Waals surface area contributed by atoms with Crippen molar-refractivity contribution in [1.82, 2.24) is 19.9 Å². The number of carbonyl (C=O) groups excluding carboxylic acids is 1. The fraction of sp³-hybridized carbons (Fsp3) is 0.333. The molecular weight excluding hydrogens is 372 g/mol. The van der Waals surface area contributed by atoms with Crippen LogP contribution in [-0.2, 0) is 4.79 Å². The summed E-state index contributed by atoms with van der Waals surface area (Å²) in [6.45, 7) is 6.78. The maximum Gasteiger partial charge on any atom is 0.267 e. The molecule has 0 fully saturated rings. The van der Waals surface area contributed by atoms with Crippen molar-refractivity contribution in [1.29, 1.82) is 0 Å². The Kier molecular flexibility index (Phi) is 6.46. The second-order valence-electron chi connectivity index (χ2n) is 7.02. The van der Waals surface area contributed by atoms with E-state index in [0.717, 1.165) is 12.0 Å². The van der Waals surface area contributed by atoms with Gasteiger partial charge in [0, 0.05) is 12.7 Å². The van der Waals surface area contributed by atoms with Crippen LogP contribution in [0.3, 0.4) is 0 Å². The van der Waals surface area contributed by atoms with Crippen molar-refractivity contribution in [3.63, 3.8) is 0 Å². The molecule has 0 bridgehead atoms. The summed E-state index contributed by atoms with van der Waals surface area (Å²) in [6.07, 6.45) is 2.58. The summed E-state index contributed by atoms with van der Waals surface area (Å²) >= 11 is 1.25. The Labute approximate surface area is 168 Å². The predicted molar refractivity (Wildman–Crippen MR) is 113 cm³/mol. The van der Waals surface area contributed by atoms with Crippen molar-refractivity contribution < 1.29 is 4.79 Å². The van der Waals surface area contributed by atoms with Gasteiger partial charge in [-0.3, -0.25) is 9.59 Å². The summed E-state index contributed by atoms with van der Waals surface area (Å²) in [4.78, 5) is 34.4. The van der Waals surface area contributed by atoms with Gasteiger partial charge in [0.15, 0.2) is 5.16 Å². The van der Waals surface area contributed by atoms with Crippen LogP contribution in [-0.4, -0.2) is 32.7 Å². The van der Waals surface area contributed by atoms with Crippen LogP contribution in [0.4, 0.5) is 0 Å². The fourth-order valence-electron chi connectivity index (χ4n) is 2.79. The van der Waals surface area contributed by atoms with E-state index >= 15 is 0 Å². The summed E-state index contributed by atoms with van der Waals surface area (Å²) < 4.78 is 1.50. The number of fused-ring (bicyclic) bond motifs is 1. The van der Waals surface area contributed by atoms with Crippen LogP contribution in [0.15, 0.2) is 52.5 Å². The van der Waals surface area contributed by atoms with E-state index in [2.05, 4.69) is 29.1 Å². The quantitative estimate of drug-likeness (QED) is 0.490. The minimum Gasteiger partial charge on any atom is -0.355 e. The molecule has 0 atom stereocenters. The first-order valence-corrected chi connectivity index (χ1v) is 10.3. The minimum atomic E-state index is -0.185. The average molecular weight is 397 g/mol. The molecule has 0 unspecified atom stereocenters. The molecule has 1 N–H and O–H groups in total. The molecule has 3 aromatic rings. The van der Waals surface area contributed by atoms with E-state index in [0.29, 0.717) is 34.3 Å². The lowest BCUT2D eigenvalue weighted by Crippen LogP contribution is -2.28. The minimum absolute atomic E-state index is 0.0719. The Morgan fingerprint density at radius 1 is 1.21 bits per heavy atom. The van der Waals surface area contributed by atoms with Crippen molar-refractivity contribution >= 4 is 28.6 Å². The second-order valence-corrected chi connectivity index (χ2v) is 7.96. The summed E-state index contributed by atoms with van der Waals surface area (Å²) in [5.74, 6) is 1.19. The van der Waals surface area contributed by atoms with Crippen LogP contribution in [0.1, 0.15) is 25.8 Å². The van der Waals surface area contributed by atoms with Gasteiger partial charge in [0.05, 0.1) is 16.7 Å². The molecule has 2 aromatic heterocycles. The van der Waals surface area contributed by atoms with Gasteiger partial charge in [-0.05, 0) is 43.0 Å². The number of carbonyl (C=O) groups is 1. The van der Waals surface area contributed by atoms with Crippen molar-refractivity contribution in [2.45, 2.75) is 32.3 Å². The van der Waals surface area contributed by atoms with Crippen molar-refractivity contribution in [2.75, 3.05) is 12.3 Å². The summed E-state index contributed by atoms with van der Waals surface area (Å²) in [6, 6.07) is 10.9. The van der Waals surface area contributed by atoms with Crippen molar-refractivity contribution in [3.05, 3.63) is 58.5 Å². The number of nitrogens with one attached hydrogen (secondary N) is 1. The highest BCUT2D eigenvalue weighted by molar-refractivity contribution is 7.99. The second kappa shape index (κ2) is 9.01. The molecule has 0 spiro atoms. The number of aryl methyl sites for hydroxylation is 1. The first kappa shape index (κ1) is 20.1. The molecule has 0 saturated heterocycles. The highest BCUT2D eigenvalue weighted by Gasteiger charge is 2.16. The summed E-state index contributed by atoms with van der Waals surface area (Å²) in [7, 11) is 0. The van der Waals surface area contributed by atoms with Crippen LogP contribution < -0.4 is 10.9 Å². The van der Waals surface area contributed by atoms with E-state index in [9.17, 15) is 9.59 Å². The van der Waals surface area contributed by atoms with E-state index in [1.54, 1.807) is 18.3 Å². The maximum atomic E-state index is 13.2. The first-order chi connectivity index (χ1) is 13.5. The number of para-hydroxylation sites is 1. The molecule has 0 aliphatic rings. The molecular formula is C21H24N4O2S. The molecule has 0 aliphatic carbocycles. The molecule has 146 valence electrons. The van der Waals surface area contributed by atoms with E-state index in [1.807, 2.05) is 31.2 Å². The number of amides is 1. The van der Waals surface area contributed by atoms with E-state index in [4.69, 9.17) is 0 Å². The van der Waals surface area contributed by atoms with Crippen LogP contribution >= 0.6 is 11.8 Å². The average Bonchev–Trinajstić information content (AvgIpc) is 2.67. The predicted octanol–water partition coefficient (Wildman–Crippen LogP) is 3.34. The molecule has 7 heteroatoms. The lowest BCUT2D eigenvalue weighted by atomic mass is 10.1. The molecule has 1 amide bonds. The zero-order chi connectivity index (χ0) is 20.1. The Morgan fingerprint density at radius 2 is 2.00 bits per heavy atom. The third-order valence-electron chi connectivity index (χ3n) is 4.31. The van der Waals surface area contributed by atoms with Gasteiger partial charge in [0.2, 0.25) is 5.91 Å². The smallest absolute Gasteiger partial charge is 0.267 e. The van der Waals surface area contributed by atoms with Crippen LogP contribution in [0.2, 0.25) is 0 Å². The molecule has 0 saturated carbocycles. The molecule has 0 radical (unpaired) electrons. The Morgan fingerprint density at radius 3 is 2.75 bits per heavy atom. The van der Waals surface area contributed by atoms with E-state index < -0.39 is 0 Å². The van der Waals surface area contributed by atoms with Gasteiger partial charge in [0.1, 0.15) is 5.82 Å². The fourth-order valence-corrected chi connectivity index (χ4v) is 3.61. The lowest BCUT2D eigenvalue weighted by Gasteiger charge is -2.14. The van der Waals surface area contributed by atoms with Crippen LogP contribution in [0.25, 0.3) is 16.7 Å². The van der Waals surface area contributed by atoms with Gasteiger partial charge in [-0.1, -0.05) is 43.8 Å². The van der Waals surface area contributed by atoms with Crippen LogP contribution in [0.5, 0.6) is 0 Å². The molecule has 1 aromatic carbocycles. The van der Waals surface area contributed by atoms with Gasteiger partial charge in [-0.15, -0.1) is 0 Å². The number of rotatable bonds is 7. The van der Waals surface area contributed by atoms with E-state index in [-0.39, 0.29) is 17.2 Å². The number of hydrogen-bond donors (Lipinski definition) is 1. The van der Waals surface area contributed by atoms with Gasteiger partial charge >= 0.3 is 0 Å². The highest BCUT2D eigenvalue weighted by atomic mass is 32.2. The molecule has 2 heterocycles. The first-order valence-electron chi connectivity index (χ1n) is 9.30. The topological polar surface area (TPSA) is 76.9 Å². The molecule has 6 nitrogen and oxygen atoms in total. The largest absolute Gasteiger partial charge is 0.355 e. The van der Waals surface area contributed by atoms with Crippen molar-refractivity contribution in [3.8, 4) is 5.82 Å². The third kappa shape index (κ3) is 4.59. The Hall–Kier alpha value is -2.67. The third-order valence-corrected chi connectivity index (χ3v) is 5.25. The van der Waals surface area contributed by atoms with Crippen molar-refractivity contribution in [2.24, 2.45) is 5.92 Å². The number of hydrogen-bond acceptors (Lipinski definition) is 5. The summed E-state index contributed by atoms with van der Waals surface area (Å²) in [5.41, 5.74) is 1.29. The number of thioether (sulfide) groups is 1. The molecule has 28 heavy (non-hydrogen) atoms. The molecule has 3 rings (SSSR count). The summed E-state index contributed by atoms with van der Waals surface area (Å²) in [5, 5.41) is 3.90. The number of aromatic nitrogens is 3.